The summed E-state index contributed by atoms with van der Waals surface area (Å²) in [5, 5.41) is 13.9. The number of urea groups is 1. The van der Waals surface area contributed by atoms with Crippen LogP contribution in [0, 0.1) is 12.7 Å². The predicted molar refractivity (Wildman–Crippen MR) is 72.9 cm³/mol. The standard InChI is InChI=1S/C12H10FN3O3S/c1-6-5-14-12(20-6)16-11(19)15-9-7(10(17)18)3-2-4-8(9)13/h2-5H,1H3,(H,17,18)(H2,14,15,16,19). The molecule has 3 N–H and O–H groups in total. The van der Waals surface area contributed by atoms with Crippen molar-refractivity contribution in [2.24, 2.45) is 0 Å². The molecule has 0 saturated heterocycles. The average Bonchev–Trinajstić information content (AvgIpc) is 2.77. The van der Waals surface area contributed by atoms with E-state index in [1.165, 1.54) is 23.5 Å². The Kier molecular flexibility index (Phi) is 3.94. The van der Waals surface area contributed by atoms with Gasteiger partial charge < -0.3 is 10.4 Å². The van der Waals surface area contributed by atoms with Crippen LogP contribution in [0.5, 0.6) is 0 Å². The number of carboxylic acid groups (broad SMARTS) is 1. The highest BCUT2D eigenvalue weighted by Crippen LogP contribution is 2.21. The summed E-state index contributed by atoms with van der Waals surface area (Å²) in [5.74, 6) is -2.15. The van der Waals surface area contributed by atoms with Gasteiger partial charge in [-0.15, -0.1) is 11.3 Å². The maximum atomic E-state index is 13.6. The maximum Gasteiger partial charge on any atom is 0.337 e. The first-order valence-electron chi connectivity index (χ1n) is 5.49. The van der Waals surface area contributed by atoms with Crippen molar-refractivity contribution in [3.8, 4) is 0 Å². The van der Waals surface area contributed by atoms with Gasteiger partial charge in [-0.25, -0.2) is 19.0 Å². The van der Waals surface area contributed by atoms with Gasteiger partial charge in [0, 0.05) is 11.1 Å². The molecule has 0 unspecified atom stereocenters. The number of aryl methyl sites for hydroxylation is 1. The molecule has 1 aromatic heterocycles. The molecule has 0 atom stereocenters. The normalized spacial score (nSPS) is 10.1. The van der Waals surface area contributed by atoms with E-state index in [0.29, 0.717) is 5.13 Å². The number of hydrogen-bond donors (Lipinski definition) is 3. The first-order chi connectivity index (χ1) is 9.47. The molecule has 1 aromatic carbocycles. The number of amides is 2. The van der Waals surface area contributed by atoms with Crippen molar-refractivity contribution >= 4 is 34.2 Å². The quantitative estimate of drug-likeness (QED) is 0.812. The predicted octanol–water partition coefficient (Wildman–Crippen LogP) is 2.93. The van der Waals surface area contributed by atoms with Crippen molar-refractivity contribution < 1.29 is 19.1 Å². The van der Waals surface area contributed by atoms with Crippen molar-refractivity contribution in [1.29, 1.82) is 0 Å². The fraction of sp³-hybridized carbons (Fsp3) is 0.0833. The van der Waals surface area contributed by atoms with Crippen LogP contribution in [0.25, 0.3) is 0 Å². The second kappa shape index (κ2) is 5.66. The molecule has 2 rings (SSSR count). The number of anilines is 2. The summed E-state index contributed by atoms with van der Waals surface area (Å²) in [6, 6.07) is 2.77. The van der Waals surface area contributed by atoms with Gasteiger partial charge in [-0.1, -0.05) is 6.07 Å². The molecule has 0 aliphatic heterocycles. The first-order valence-corrected chi connectivity index (χ1v) is 6.31. The highest BCUT2D eigenvalue weighted by molar-refractivity contribution is 7.15. The van der Waals surface area contributed by atoms with Crippen LogP contribution in [-0.2, 0) is 0 Å². The van der Waals surface area contributed by atoms with Gasteiger partial charge in [0.2, 0.25) is 0 Å². The van der Waals surface area contributed by atoms with E-state index in [4.69, 9.17) is 5.11 Å². The number of thiazole rings is 1. The van der Waals surface area contributed by atoms with Crippen LogP contribution in [-0.4, -0.2) is 22.1 Å². The molecule has 20 heavy (non-hydrogen) atoms. The van der Waals surface area contributed by atoms with E-state index < -0.39 is 17.8 Å². The van der Waals surface area contributed by atoms with Crippen LogP contribution < -0.4 is 10.6 Å². The van der Waals surface area contributed by atoms with E-state index in [2.05, 4.69) is 15.6 Å². The smallest absolute Gasteiger partial charge is 0.337 e. The third kappa shape index (κ3) is 3.09. The Hall–Kier alpha value is -2.48. The number of nitrogens with one attached hydrogen (secondary N) is 2. The molecule has 0 saturated carbocycles. The van der Waals surface area contributed by atoms with E-state index in [0.717, 1.165) is 10.9 Å². The highest BCUT2D eigenvalue weighted by atomic mass is 32.1. The summed E-state index contributed by atoms with van der Waals surface area (Å²) in [6.45, 7) is 1.82. The first kappa shape index (κ1) is 13.9. The molecule has 0 bridgehead atoms. The Labute approximate surface area is 117 Å². The zero-order chi connectivity index (χ0) is 14.7. The fourth-order valence-corrected chi connectivity index (χ4v) is 2.14. The minimum Gasteiger partial charge on any atom is -0.478 e. The highest BCUT2D eigenvalue weighted by Gasteiger charge is 2.16. The Morgan fingerprint density at radius 1 is 1.35 bits per heavy atom. The van der Waals surface area contributed by atoms with Gasteiger partial charge in [-0.2, -0.15) is 0 Å². The third-order valence-corrected chi connectivity index (χ3v) is 3.15. The second-order valence-electron chi connectivity index (χ2n) is 3.82. The van der Waals surface area contributed by atoms with Crippen LogP contribution in [0.1, 0.15) is 15.2 Å². The average molecular weight is 295 g/mol. The molecule has 8 heteroatoms. The number of hydrogen-bond acceptors (Lipinski definition) is 4. The summed E-state index contributed by atoms with van der Waals surface area (Å²) in [4.78, 5) is 27.5. The van der Waals surface area contributed by atoms with Crippen molar-refractivity contribution in [3.05, 3.63) is 40.7 Å². The Morgan fingerprint density at radius 3 is 2.70 bits per heavy atom. The fourth-order valence-electron chi connectivity index (χ4n) is 1.48. The van der Waals surface area contributed by atoms with Crippen LogP contribution >= 0.6 is 11.3 Å². The number of rotatable bonds is 3. The lowest BCUT2D eigenvalue weighted by Gasteiger charge is -2.09. The number of aromatic nitrogens is 1. The Morgan fingerprint density at radius 2 is 2.10 bits per heavy atom. The molecular weight excluding hydrogens is 285 g/mol. The van der Waals surface area contributed by atoms with E-state index in [1.807, 2.05) is 6.92 Å². The van der Waals surface area contributed by atoms with Crippen LogP contribution in [0.3, 0.4) is 0 Å². The van der Waals surface area contributed by atoms with Gasteiger partial charge >= 0.3 is 12.0 Å². The van der Waals surface area contributed by atoms with Gasteiger partial charge in [-0.3, -0.25) is 5.32 Å². The Balaban J connectivity index is 2.17. The van der Waals surface area contributed by atoms with E-state index in [9.17, 15) is 14.0 Å². The lowest BCUT2D eigenvalue weighted by Crippen LogP contribution is -2.21. The zero-order valence-corrected chi connectivity index (χ0v) is 11.1. The minimum atomic E-state index is -1.33. The topological polar surface area (TPSA) is 91.3 Å². The van der Waals surface area contributed by atoms with Gasteiger partial charge in [0.15, 0.2) is 5.13 Å². The van der Waals surface area contributed by atoms with Crippen molar-refractivity contribution in [2.45, 2.75) is 6.92 Å². The number of carbonyl (C=O) groups is 2. The summed E-state index contributed by atoms with van der Waals surface area (Å²) in [5.41, 5.74) is -0.707. The van der Waals surface area contributed by atoms with Crippen LogP contribution in [0.4, 0.5) is 20.0 Å². The number of nitrogens with zero attached hydrogens (tertiary/aromatic N) is 1. The van der Waals surface area contributed by atoms with Crippen molar-refractivity contribution in [1.82, 2.24) is 4.98 Å². The minimum absolute atomic E-state index is 0.324. The summed E-state index contributed by atoms with van der Waals surface area (Å²) in [7, 11) is 0. The molecule has 0 radical (unpaired) electrons. The van der Waals surface area contributed by atoms with Gasteiger partial charge in [0.1, 0.15) is 5.82 Å². The lowest BCUT2D eigenvalue weighted by molar-refractivity contribution is 0.0697. The SMILES string of the molecule is Cc1cnc(NC(=O)Nc2c(F)cccc2C(=O)O)s1. The maximum absolute atomic E-state index is 13.6. The summed E-state index contributed by atoms with van der Waals surface area (Å²) < 4.78 is 13.6. The van der Waals surface area contributed by atoms with E-state index in [-0.39, 0.29) is 11.3 Å². The second-order valence-corrected chi connectivity index (χ2v) is 5.06. The van der Waals surface area contributed by atoms with E-state index in [1.54, 1.807) is 6.20 Å². The zero-order valence-electron chi connectivity index (χ0n) is 10.3. The monoisotopic (exact) mass is 295 g/mol. The van der Waals surface area contributed by atoms with Gasteiger partial charge in [0.25, 0.3) is 0 Å². The molecule has 0 fully saturated rings. The molecule has 2 aromatic rings. The summed E-state index contributed by atoms with van der Waals surface area (Å²) in [6.07, 6.45) is 1.58. The largest absolute Gasteiger partial charge is 0.478 e. The molecule has 2 amide bonds. The van der Waals surface area contributed by atoms with E-state index >= 15 is 0 Å². The molecule has 6 nitrogen and oxygen atoms in total. The number of aromatic carboxylic acids is 1. The molecule has 104 valence electrons. The molecular formula is C12H10FN3O3S. The third-order valence-electron chi connectivity index (χ3n) is 2.32. The van der Waals surface area contributed by atoms with Gasteiger partial charge in [-0.05, 0) is 19.1 Å². The van der Waals surface area contributed by atoms with Crippen molar-refractivity contribution in [3.63, 3.8) is 0 Å². The number of para-hydroxylation sites is 1. The van der Waals surface area contributed by atoms with Crippen molar-refractivity contribution in [2.75, 3.05) is 10.6 Å². The lowest BCUT2D eigenvalue weighted by atomic mass is 10.1. The number of benzene rings is 1. The van der Waals surface area contributed by atoms with Gasteiger partial charge in [0.05, 0.1) is 11.3 Å². The Bertz CT molecular complexity index is 672. The summed E-state index contributed by atoms with van der Waals surface area (Å²) >= 11 is 1.25. The molecule has 1 heterocycles. The number of carbonyl (C=O) groups excluding carboxylic acids is 1. The van der Waals surface area contributed by atoms with Crippen LogP contribution in [0.2, 0.25) is 0 Å². The molecule has 0 spiro atoms. The number of carboxylic acids is 1. The molecule has 0 aliphatic carbocycles. The van der Waals surface area contributed by atoms with Crippen LogP contribution in [0.15, 0.2) is 24.4 Å². The molecule has 0 aliphatic rings. The number of halogens is 1.